The van der Waals surface area contributed by atoms with Gasteiger partial charge in [0.2, 0.25) is 0 Å². The van der Waals surface area contributed by atoms with E-state index in [1.807, 2.05) is 121 Å². The van der Waals surface area contributed by atoms with Gasteiger partial charge in [-0.3, -0.25) is 0 Å². The average molecular weight is 848 g/mol. The summed E-state index contributed by atoms with van der Waals surface area (Å²) in [5.41, 5.74) is 11.4. The normalized spacial score (nSPS) is 10.8. The van der Waals surface area contributed by atoms with Crippen LogP contribution in [0, 0.1) is 0 Å². The molecule has 10 aromatic rings. The fraction of sp³-hybridized carbons (Fsp3) is 0.0769. The minimum Gasteiger partial charge on any atom is -0.497 e. The molecule has 0 fully saturated rings. The van der Waals surface area contributed by atoms with Gasteiger partial charge in [0.1, 0.15) is 23.0 Å². The predicted molar refractivity (Wildman–Crippen MR) is 242 cm³/mol. The summed E-state index contributed by atoms with van der Waals surface area (Å²) in [4.78, 5) is 19.9. The number of methoxy groups -OCH3 is 4. The topological polar surface area (TPSA) is 88.5 Å². The maximum Gasteiger partial charge on any atom is 2.00 e. The molecule has 4 aromatic heterocycles. The third-order valence-corrected chi connectivity index (χ3v) is 10.6. The second-order valence-corrected chi connectivity index (χ2v) is 14.1. The molecule has 0 atom stereocenters. The van der Waals surface area contributed by atoms with Crippen molar-refractivity contribution in [3.63, 3.8) is 0 Å². The van der Waals surface area contributed by atoms with Crippen molar-refractivity contribution in [3.8, 4) is 68.0 Å². The molecule has 6 aromatic carbocycles. The predicted octanol–water partition coefficient (Wildman–Crippen LogP) is 12.3. The molecule has 1 radical (unpaired) electrons. The summed E-state index contributed by atoms with van der Waals surface area (Å²) in [5, 5.41) is 4.27. The van der Waals surface area contributed by atoms with Crippen molar-refractivity contribution in [1.29, 1.82) is 0 Å². The first kappa shape index (κ1) is 40.5. The quantitative estimate of drug-likeness (QED) is 0.110. The molecule has 0 spiro atoms. The third-order valence-electron chi connectivity index (χ3n) is 10.6. The first-order valence-electron chi connectivity index (χ1n) is 19.5. The van der Waals surface area contributed by atoms with E-state index in [1.54, 1.807) is 28.4 Å². The van der Waals surface area contributed by atoms with E-state index < -0.39 is 0 Å². The number of ether oxygens (including phenoxy) is 4. The molecule has 61 heavy (non-hydrogen) atoms. The summed E-state index contributed by atoms with van der Waals surface area (Å²) in [6, 6.07) is 56.7. The van der Waals surface area contributed by atoms with Gasteiger partial charge in [0.05, 0.1) is 73.3 Å². The molecule has 0 bridgehead atoms. The summed E-state index contributed by atoms with van der Waals surface area (Å²) in [6.07, 6.45) is 0. The Morgan fingerprint density at radius 2 is 0.426 bits per heavy atom. The molecule has 0 saturated heterocycles. The SMILES string of the molecule is COc1ccc(-c2ccc3ccc4ccc(-c5ccc(OC)cc5)nc4c3n2)cc1.COc1ccc(-c2ccc3ccc4ccc(-c5ccc(OC)cc5)nc4c3n2)cc1.[Cu+2]. The second-order valence-electron chi connectivity index (χ2n) is 14.1. The van der Waals surface area contributed by atoms with Crippen molar-refractivity contribution in [3.05, 3.63) is 170 Å². The summed E-state index contributed by atoms with van der Waals surface area (Å²) >= 11 is 0. The van der Waals surface area contributed by atoms with Crippen LogP contribution in [0.15, 0.2) is 170 Å². The monoisotopic (exact) mass is 847 g/mol. The van der Waals surface area contributed by atoms with Crippen LogP contribution in [0.4, 0.5) is 0 Å². The van der Waals surface area contributed by atoms with Crippen molar-refractivity contribution < 1.29 is 36.0 Å². The molecule has 301 valence electrons. The smallest absolute Gasteiger partial charge is 0.497 e. The molecule has 8 nitrogen and oxygen atoms in total. The standard InChI is InChI=1S/2C26H20N2O2.Cu/c2*1-29-21-11-5-17(6-12-21)23-15-9-19-3-4-20-10-16-24(28-26(20)25(19)27-23)18-7-13-22(30-2)14-8-18;/h2*3-16H,1-2H3;/q;;+2. The zero-order valence-electron chi connectivity index (χ0n) is 33.9. The zero-order chi connectivity index (χ0) is 41.0. The number of benzene rings is 6. The summed E-state index contributed by atoms with van der Waals surface area (Å²) in [5.74, 6) is 3.32. The molecule has 0 unspecified atom stereocenters. The Morgan fingerprint density at radius 3 is 0.607 bits per heavy atom. The van der Waals surface area contributed by atoms with Gasteiger partial charge in [-0.25, -0.2) is 19.9 Å². The third kappa shape index (κ3) is 8.43. The molecular formula is C52H40CuN4O4+2. The molecule has 10 rings (SSSR count). The second kappa shape index (κ2) is 17.9. The van der Waals surface area contributed by atoms with E-state index in [0.717, 1.165) is 112 Å². The molecule has 0 aliphatic heterocycles. The van der Waals surface area contributed by atoms with Crippen LogP contribution < -0.4 is 18.9 Å². The Balaban J connectivity index is 0.000000166. The minimum atomic E-state index is 0. The van der Waals surface area contributed by atoms with E-state index in [9.17, 15) is 0 Å². The summed E-state index contributed by atoms with van der Waals surface area (Å²) in [6.45, 7) is 0. The number of nitrogens with zero attached hydrogens (tertiary/aromatic N) is 4. The van der Waals surface area contributed by atoms with Crippen LogP contribution in [0.5, 0.6) is 23.0 Å². The number of pyridine rings is 4. The molecule has 0 saturated carbocycles. The van der Waals surface area contributed by atoms with Crippen LogP contribution in [0.25, 0.3) is 88.6 Å². The van der Waals surface area contributed by atoms with Crippen LogP contribution in [-0.4, -0.2) is 48.4 Å². The molecule has 9 heteroatoms. The van der Waals surface area contributed by atoms with E-state index in [1.165, 1.54) is 0 Å². The van der Waals surface area contributed by atoms with Gasteiger partial charge < -0.3 is 18.9 Å². The van der Waals surface area contributed by atoms with E-state index in [0.29, 0.717) is 0 Å². The van der Waals surface area contributed by atoms with Crippen LogP contribution in [0.2, 0.25) is 0 Å². The fourth-order valence-corrected chi connectivity index (χ4v) is 7.23. The molecule has 0 N–H and O–H groups in total. The first-order chi connectivity index (χ1) is 29.5. The minimum absolute atomic E-state index is 0. The van der Waals surface area contributed by atoms with Crippen LogP contribution in [-0.2, 0) is 17.1 Å². The van der Waals surface area contributed by atoms with Gasteiger partial charge in [0.15, 0.2) is 0 Å². The number of hydrogen-bond donors (Lipinski definition) is 0. The van der Waals surface area contributed by atoms with Crippen molar-refractivity contribution >= 4 is 43.6 Å². The largest absolute Gasteiger partial charge is 2.00 e. The Bertz CT molecular complexity index is 2700. The summed E-state index contributed by atoms with van der Waals surface area (Å²) in [7, 11) is 6.67. The number of aromatic nitrogens is 4. The van der Waals surface area contributed by atoms with Crippen molar-refractivity contribution in [2.45, 2.75) is 0 Å². The van der Waals surface area contributed by atoms with Crippen LogP contribution in [0.1, 0.15) is 0 Å². The van der Waals surface area contributed by atoms with Gasteiger partial charge in [0.25, 0.3) is 0 Å². The number of fused-ring (bicyclic) bond motifs is 6. The molecular weight excluding hydrogens is 808 g/mol. The van der Waals surface area contributed by atoms with Gasteiger partial charge in [-0.15, -0.1) is 0 Å². The Morgan fingerprint density at radius 1 is 0.246 bits per heavy atom. The van der Waals surface area contributed by atoms with Gasteiger partial charge in [-0.1, -0.05) is 48.5 Å². The Hall–Kier alpha value is -7.32. The van der Waals surface area contributed by atoms with Crippen molar-refractivity contribution in [2.75, 3.05) is 28.4 Å². The van der Waals surface area contributed by atoms with Gasteiger partial charge in [-0.05, 0) is 121 Å². The number of hydrogen-bond acceptors (Lipinski definition) is 8. The fourth-order valence-electron chi connectivity index (χ4n) is 7.23. The van der Waals surface area contributed by atoms with E-state index >= 15 is 0 Å². The van der Waals surface area contributed by atoms with Crippen LogP contribution >= 0.6 is 0 Å². The van der Waals surface area contributed by atoms with E-state index in [2.05, 4.69) is 48.5 Å². The van der Waals surface area contributed by atoms with Gasteiger partial charge in [-0.2, -0.15) is 0 Å². The van der Waals surface area contributed by atoms with E-state index in [-0.39, 0.29) is 17.1 Å². The molecule has 0 aliphatic carbocycles. The van der Waals surface area contributed by atoms with Gasteiger partial charge >= 0.3 is 17.1 Å². The van der Waals surface area contributed by atoms with Crippen LogP contribution in [0.3, 0.4) is 0 Å². The number of rotatable bonds is 8. The Kier molecular flexibility index (Phi) is 11.9. The first-order valence-corrected chi connectivity index (χ1v) is 19.5. The maximum atomic E-state index is 5.26. The molecule has 4 heterocycles. The molecule has 0 amide bonds. The van der Waals surface area contributed by atoms with Crippen molar-refractivity contribution in [1.82, 2.24) is 19.9 Å². The zero-order valence-corrected chi connectivity index (χ0v) is 34.8. The average Bonchev–Trinajstić information content (AvgIpc) is 3.33. The van der Waals surface area contributed by atoms with E-state index in [4.69, 9.17) is 38.9 Å². The van der Waals surface area contributed by atoms with Gasteiger partial charge in [0, 0.05) is 43.8 Å². The Labute approximate surface area is 364 Å². The summed E-state index contributed by atoms with van der Waals surface area (Å²) < 4.78 is 21.1. The molecule has 0 aliphatic rings. The van der Waals surface area contributed by atoms with Crippen molar-refractivity contribution in [2.24, 2.45) is 0 Å². The maximum absolute atomic E-state index is 5.26.